The van der Waals surface area contributed by atoms with Gasteiger partial charge in [0.2, 0.25) is 5.91 Å². The summed E-state index contributed by atoms with van der Waals surface area (Å²) in [5, 5.41) is 5.10. The number of carbonyl (C=O) groups excluding carboxylic acids is 1. The molecule has 136 valence electrons. The average Bonchev–Trinajstić information content (AvgIpc) is 3.13. The quantitative estimate of drug-likeness (QED) is 0.745. The molecule has 1 heterocycles. The first-order chi connectivity index (χ1) is 12.0. The summed E-state index contributed by atoms with van der Waals surface area (Å²) >= 11 is 1.71. The molecule has 5 nitrogen and oxygen atoms in total. The van der Waals surface area contributed by atoms with E-state index in [4.69, 9.17) is 9.47 Å². The van der Waals surface area contributed by atoms with E-state index in [0.717, 1.165) is 5.56 Å². The minimum Gasteiger partial charge on any atom is -0.493 e. The average molecular weight is 362 g/mol. The van der Waals surface area contributed by atoms with Gasteiger partial charge >= 0.3 is 0 Å². The highest BCUT2D eigenvalue weighted by Gasteiger charge is 2.16. The molecule has 1 N–H and O–H groups in total. The van der Waals surface area contributed by atoms with Gasteiger partial charge < -0.3 is 19.7 Å². The first-order valence-electron chi connectivity index (χ1n) is 8.22. The van der Waals surface area contributed by atoms with Crippen LogP contribution in [0.4, 0.5) is 0 Å². The molecular weight excluding hydrogens is 336 g/mol. The number of rotatable bonds is 9. The maximum atomic E-state index is 12.2. The predicted octanol–water partition coefficient (Wildman–Crippen LogP) is 3.12. The molecule has 0 aliphatic rings. The number of ether oxygens (including phenoxy) is 2. The molecule has 1 unspecified atom stereocenters. The van der Waals surface area contributed by atoms with Gasteiger partial charge in [-0.15, -0.1) is 11.3 Å². The van der Waals surface area contributed by atoms with Crippen molar-refractivity contribution < 1.29 is 14.3 Å². The fraction of sp³-hybridized carbons (Fsp3) is 0.421. The Morgan fingerprint density at radius 1 is 1.20 bits per heavy atom. The van der Waals surface area contributed by atoms with Crippen LogP contribution >= 0.6 is 11.3 Å². The third kappa shape index (κ3) is 5.47. The number of nitrogens with one attached hydrogen (secondary N) is 1. The van der Waals surface area contributed by atoms with Crippen LogP contribution in [0, 0.1) is 0 Å². The van der Waals surface area contributed by atoms with E-state index in [-0.39, 0.29) is 11.9 Å². The van der Waals surface area contributed by atoms with Crippen molar-refractivity contribution in [3.63, 3.8) is 0 Å². The lowest BCUT2D eigenvalue weighted by Crippen LogP contribution is -2.34. The normalized spacial score (nSPS) is 12.0. The minimum absolute atomic E-state index is 0.0539. The van der Waals surface area contributed by atoms with E-state index in [0.29, 0.717) is 30.9 Å². The number of carbonyl (C=O) groups is 1. The fourth-order valence-electron chi connectivity index (χ4n) is 2.61. The molecule has 6 heteroatoms. The summed E-state index contributed by atoms with van der Waals surface area (Å²) in [7, 11) is 7.28. The van der Waals surface area contributed by atoms with Crippen LogP contribution in [-0.2, 0) is 11.2 Å². The number of hydrogen-bond donors (Lipinski definition) is 1. The van der Waals surface area contributed by atoms with Crippen LogP contribution in [0.2, 0.25) is 0 Å². The van der Waals surface area contributed by atoms with Crippen molar-refractivity contribution in [2.24, 2.45) is 0 Å². The fourth-order valence-corrected chi connectivity index (χ4v) is 3.53. The molecule has 1 aromatic heterocycles. The van der Waals surface area contributed by atoms with Gasteiger partial charge in [-0.05, 0) is 49.7 Å². The van der Waals surface area contributed by atoms with Crippen LogP contribution in [0.15, 0.2) is 35.7 Å². The van der Waals surface area contributed by atoms with Gasteiger partial charge in [-0.1, -0.05) is 12.1 Å². The van der Waals surface area contributed by atoms with Gasteiger partial charge in [0.05, 0.1) is 20.3 Å². The molecule has 1 aromatic carbocycles. The van der Waals surface area contributed by atoms with Gasteiger partial charge in [-0.25, -0.2) is 0 Å². The predicted molar refractivity (Wildman–Crippen MR) is 102 cm³/mol. The zero-order chi connectivity index (χ0) is 18.2. The second kappa shape index (κ2) is 9.44. The number of aryl methyl sites for hydroxylation is 1. The molecule has 2 rings (SSSR count). The number of methoxy groups -OCH3 is 2. The van der Waals surface area contributed by atoms with E-state index in [9.17, 15) is 4.79 Å². The van der Waals surface area contributed by atoms with Gasteiger partial charge in [0, 0.05) is 17.8 Å². The van der Waals surface area contributed by atoms with Crippen molar-refractivity contribution in [3.05, 3.63) is 46.2 Å². The minimum atomic E-state index is 0.0539. The third-order valence-corrected chi connectivity index (χ3v) is 5.05. The van der Waals surface area contributed by atoms with Crippen molar-refractivity contribution >= 4 is 17.2 Å². The number of benzene rings is 1. The van der Waals surface area contributed by atoms with Gasteiger partial charge in [-0.3, -0.25) is 4.79 Å². The maximum absolute atomic E-state index is 12.2. The molecule has 1 atom stereocenters. The third-order valence-electron chi connectivity index (χ3n) is 4.08. The number of thiophene rings is 1. The summed E-state index contributed by atoms with van der Waals surface area (Å²) in [4.78, 5) is 15.6. The summed E-state index contributed by atoms with van der Waals surface area (Å²) < 4.78 is 10.5. The first-order valence-corrected chi connectivity index (χ1v) is 9.10. The molecule has 0 spiro atoms. The molecule has 25 heavy (non-hydrogen) atoms. The second-order valence-corrected chi connectivity index (χ2v) is 6.97. The Hall–Kier alpha value is -2.05. The highest BCUT2D eigenvalue weighted by Crippen LogP contribution is 2.28. The molecule has 0 fully saturated rings. The van der Waals surface area contributed by atoms with E-state index in [1.165, 1.54) is 4.88 Å². The lowest BCUT2D eigenvalue weighted by atomic mass is 10.1. The van der Waals surface area contributed by atoms with E-state index in [1.807, 2.05) is 38.4 Å². The van der Waals surface area contributed by atoms with Crippen LogP contribution in [0.3, 0.4) is 0 Å². The largest absolute Gasteiger partial charge is 0.493 e. The van der Waals surface area contributed by atoms with Crippen LogP contribution in [-0.4, -0.2) is 45.7 Å². The molecule has 2 aromatic rings. The van der Waals surface area contributed by atoms with E-state index < -0.39 is 0 Å². The Kier molecular flexibility index (Phi) is 7.28. The van der Waals surface area contributed by atoms with Gasteiger partial charge in [-0.2, -0.15) is 0 Å². The maximum Gasteiger partial charge on any atom is 0.220 e. The van der Waals surface area contributed by atoms with E-state index in [2.05, 4.69) is 21.7 Å². The Bertz CT molecular complexity index is 671. The van der Waals surface area contributed by atoms with Gasteiger partial charge in [0.15, 0.2) is 11.5 Å². The van der Waals surface area contributed by atoms with Crippen LogP contribution < -0.4 is 14.8 Å². The van der Waals surface area contributed by atoms with E-state index in [1.54, 1.807) is 25.6 Å². The van der Waals surface area contributed by atoms with Crippen LogP contribution in [0.5, 0.6) is 11.5 Å². The second-order valence-electron chi connectivity index (χ2n) is 5.99. The summed E-state index contributed by atoms with van der Waals surface area (Å²) in [6.45, 7) is 0.609. The zero-order valence-electron chi connectivity index (χ0n) is 15.2. The lowest BCUT2D eigenvalue weighted by Gasteiger charge is -2.23. The van der Waals surface area contributed by atoms with Crippen molar-refractivity contribution in [3.8, 4) is 11.5 Å². The Morgan fingerprint density at radius 2 is 1.96 bits per heavy atom. The number of likely N-dealkylation sites (N-methyl/N-ethyl adjacent to an activating group) is 1. The SMILES string of the molecule is COc1ccc(CCC(=O)NCC(c2cccs2)N(C)C)cc1OC. The molecule has 0 aliphatic heterocycles. The number of hydrogen-bond acceptors (Lipinski definition) is 5. The van der Waals surface area contributed by atoms with Crippen molar-refractivity contribution in [1.29, 1.82) is 0 Å². The molecule has 1 amide bonds. The van der Waals surface area contributed by atoms with Gasteiger partial charge in [0.1, 0.15) is 0 Å². The zero-order valence-corrected chi connectivity index (χ0v) is 16.1. The first kappa shape index (κ1) is 19.3. The van der Waals surface area contributed by atoms with Crippen LogP contribution in [0.1, 0.15) is 22.9 Å². The highest BCUT2D eigenvalue weighted by atomic mass is 32.1. The number of amides is 1. The molecule has 0 bridgehead atoms. The Morgan fingerprint density at radius 3 is 2.56 bits per heavy atom. The summed E-state index contributed by atoms with van der Waals surface area (Å²) in [5.41, 5.74) is 1.05. The molecular formula is C19H26N2O3S. The van der Waals surface area contributed by atoms with Crippen molar-refractivity contribution in [2.75, 3.05) is 34.9 Å². The van der Waals surface area contributed by atoms with Crippen molar-refractivity contribution in [2.45, 2.75) is 18.9 Å². The van der Waals surface area contributed by atoms with E-state index >= 15 is 0 Å². The standard InChI is InChI=1S/C19H26N2O3S/c1-21(2)15(18-6-5-11-25-18)13-20-19(22)10-8-14-7-9-16(23-3)17(12-14)24-4/h5-7,9,11-12,15H,8,10,13H2,1-4H3,(H,20,22). The molecule has 0 saturated carbocycles. The monoisotopic (exact) mass is 362 g/mol. The smallest absolute Gasteiger partial charge is 0.220 e. The highest BCUT2D eigenvalue weighted by molar-refractivity contribution is 7.10. The van der Waals surface area contributed by atoms with Crippen LogP contribution in [0.25, 0.3) is 0 Å². The molecule has 0 saturated heterocycles. The van der Waals surface area contributed by atoms with Gasteiger partial charge in [0.25, 0.3) is 0 Å². The topological polar surface area (TPSA) is 50.8 Å². The number of nitrogens with zero attached hydrogens (tertiary/aromatic N) is 1. The lowest BCUT2D eigenvalue weighted by molar-refractivity contribution is -0.121. The summed E-state index contributed by atoms with van der Waals surface area (Å²) in [5.74, 6) is 1.43. The Labute approximate surface area is 153 Å². The Balaban J connectivity index is 1.86. The molecule has 0 aliphatic carbocycles. The summed E-state index contributed by atoms with van der Waals surface area (Å²) in [6, 6.07) is 10.1. The molecule has 0 radical (unpaired) electrons. The van der Waals surface area contributed by atoms with Crippen molar-refractivity contribution in [1.82, 2.24) is 10.2 Å². The summed E-state index contributed by atoms with van der Waals surface area (Å²) in [6.07, 6.45) is 1.11.